The highest BCUT2D eigenvalue weighted by molar-refractivity contribution is 7.92. The maximum absolute atomic E-state index is 12.8. The molecule has 154 valence electrons. The van der Waals surface area contributed by atoms with Crippen LogP contribution in [0.1, 0.15) is 20.7 Å². The van der Waals surface area contributed by atoms with Crippen LogP contribution in [0.2, 0.25) is 5.02 Å². The lowest BCUT2D eigenvalue weighted by molar-refractivity contribution is 0.0998. The van der Waals surface area contributed by atoms with Crippen LogP contribution in [0, 0.1) is 0 Å². The summed E-state index contributed by atoms with van der Waals surface area (Å²) in [7, 11) is -2.41. The molecule has 0 fully saturated rings. The molecule has 30 heavy (non-hydrogen) atoms. The third kappa shape index (κ3) is 4.45. The average molecular weight is 444 g/mol. The van der Waals surface area contributed by atoms with Crippen molar-refractivity contribution in [1.29, 1.82) is 0 Å². The largest absolute Gasteiger partial charge is 0.366 e. The molecule has 3 aromatic rings. The monoisotopic (exact) mass is 443 g/mol. The lowest BCUT2D eigenvalue weighted by Gasteiger charge is -2.20. The molecule has 3 aromatic carbocycles. The van der Waals surface area contributed by atoms with E-state index in [-0.39, 0.29) is 21.2 Å². The number of anilines is 2. The summed E-state index contributed by atoms with van der Waals surface area (Å²) in [6.07, 6.45) is 0. The Morgan fingerprint density at radius 2 is 1.60 bits per heavy atom. The quantitative estimate of drug-likeness (QED) is 0.607. The minimum absolute atomic E-state index is 0.100. The Morgan fingerprint density at radius 3 is 2.20 bits per heavy atom. The molecule has 0 aliphatic carbocycles. The molecule has 0 unspecified atom stereocenters. The molecule has 0 bridgehead atoms. The maximum atomic E-state index is 12.8. The molecule has 9 heteroatoms. The van der Waals surface area contributed by atoms with Crippen molar-refractivity contribution in [3.63, 3.8) is 0 Å². The summed E-state index contributed by atoms with van der Waals surface area (Å²) in [5.74, 6) is -1.11. The van der Waals surface area contributed by atoms with Crippen LogP contribution in [0.3, 0.4) is 0 Å². The number of primary amides is 1. The van der Waals surface area contributed by atoms with Gasteiger partial charge in [-0.05, 0) is 54.6 Å². The first-order valence-corrected chi connectivity index (χ1v) is 10.6. The fourth-order valence-corrected chi connectivity index (χ4v) is 4.10. The van der Waals surface area contributed by atoms with E-state index in [4.69, 9.17) is 17.3 Å². The number of hydrogen-bond acceptors (Lipinski definition) is 4. The molecule has 0 radical (unpaired) electrons. The van der Waals surface area contributed by atoms with Crippen LogP contribution in [0.15, 0.2) is 77.7 Å². The van der Waals surface area contributed by atoms with Crippen molar-refractivity contribution < 1.29 is 18.0 Å². The van der Waals surface area contributed by atoms with Gasteiger partial charge in [0, 0.05) is 18.3 Å². The first-order valence-electron chi connectivity index (χ1n) is 8.75. The zero-order valence-corrected chi connectivity index (χ0v) is 17.4. The van der Waals surface area contributed by atoms with Gasteiger partial charge in [0.15, 0.2) is 0 Å². The highest BCUT2D eigenvalue weighted by Gasteiger charge is 2.22. The summed E-state index contributed by atoms with van der Waals surface area (Å²) in [6, 6.07) is 18.4. The number of carbonyl (C=O) groups is 2. The van der Waals surface area contributed by atoms with Gasteiger partial charge in [0.1, 0.15) is 0 Å². The number of amides is 2. The van der Waals surface area contributed by atoms with Crippen LogP contribution < -0.4 is 15.4 Å². The van der Waals surface area contributed by atoms with Crippen LogP contribution in [0.25, 0.3) is 0 Å². The molecule has 3 rings (SSSR count). The normalized spacial score (nSPS) is 11.0. The van der Waals surface area contributed by atoms with E-state index in [1.165, 1.54) is 61.6 Å². The van der Waals surface area contributed by atoms with Gasteiger partial charge in [0.2, 0.25) is 5.91 Å². The van der Waals surface area contributed by atoms with E-state index in [1.807, 2.05) is 0 Å². The molecule has 0 aromatic heterocycles. The minimum Gasteiger partial charge on any atom is -0.366 e. The summed E-state index contributed by atoms with van der Waals surface area (Å²) >= 11 is 6.17. The molecule has 0 heterocycles. The van der Waals surface area contributed by atoms with Crippen molar-refractivity contribution in [2.45, 2.75) is 4.90 Å². The minimum atomic E-state index is -3.80. The van der Waals surface area contributed by atoms with E-state index in [1.54, 1.807) is 18.2 Å². The summed E-state index contributed by atoms with van der Waals surface area (Å²) in [6.45, 7) is 0. The van der Waals surface area contributed by atoms with Gasteiger partial charge in [0.05, 0.1) is 21.2 Å². The topological polar surface area (TPSA) is 110 Å². The second-order valence-electron chi connectivity index (χ2n) is 6.35. The number of nitrogens with two attached hydrogens (primary N) is 1. The van der Waals surface area contributed by atoms with E-state index in [0.717, 1.165) is 4.31 Å². The van der Waals surface area contributed by atoms with Crippen molar-refractivity contribution in [2.75, 3.05) is 16.7 Å². The van der Waals surface area contributed by atoms with Gasteiger partial charge in [-0.25, -0.2) is 8.42 Å². The Hall–Kier alpha value is -3.36. The van der Waals surface area contributed by atoms with Crippen LogP contribution in [0.4, 0.5) is 11.4 Å². The van der Waals surface area contributed by atoms with Crippen molar-refractivity contribution >= 4 is 44.8 Å². The molecule has 7 nitrogen and oxygen atoms in total. The summed E-state index contributed by atoms with van der Waals surface area (Å²) in [5.41, 5.74) is 6.31. The molecule has 0 aliphatic rings. The van der Waals surface area contributed by atoms with E-state index in [2.05, 4.69) is 5.32 Å². The van der Waals surface area contributed by atoms with Gasteiger partial charge < -0.3 is 11.1 Å². The molecule has 3 N–H and O–H groups in total. The smallest absolute Gasteiger partial charge is 0.264 e. The van der Waals surface area contributed by atoms with E-state index in [0.29, 0.717) is 11.3 Å². The highest BCUT2D eigenvalue weighted by atomic mass is 35.5. The number of nitrogens with one attached hydrogen (secondary N) is 1. The van der Waals surface area contributed by atoms with E-state index >= 15 is 0 Å². The standard InChI is InChI=1S/C21H18ClN3O4S/c1-25(30(28,29)17-5-3-2-4-6-17)16-11-12-19(22)18(13-16)21(27)24-15-9-7-14(8-10-15)20(23)26/h2-13H,1H3,(H2,23,26)(H,24,27). The molecule has 0 saturated heterocycles. The zero-order valence-electron chi connectivity index (χ0n) is 15.9. The molecular weight excluding hydrogens is 426 g/mol. The average Bonchev–Trinajstić information content (AvgIpc) is 2.74. The Balaban J connectivity index is 1.87. The maximum Gasteiger partial charge on any atom is 0.264 e. The number of benzene rings is 3. The van der Waals surface area contributed by atoms with E-state index < -0.39 is 21.8 Å². The van der Waals surface area contributed by atoms with Crippen molar-refractivity contribution in [3.05, 3.63) is 88.9 Å². The fraction of sp³-hybridized carbons (Fsp3) is 0.0476. The molecule has 0 aliphatic heterocycles. The van der Waals surface area contributed by atoms with Crippen molar-refractivity contribution in [3.8, 4) is 0 Å². The second kappa shape index (κ2) is 8.56. The third-order valence-electron chi connectivity index (χ3n) is 4.39. The number of sulfonamides is 1. The van der Waals surface area contributed by atoms with Crippen LogP contribution >= 0.6 is 11.6 Å². The van der Waals surface area contributed by atoms with Crippen LogP contribution in [0.5, 0.6) is 0 Å². The summed E-state index contributed by atoms with van der Waals surface area (Å²) < 4.78 is 26.7. The van der Waals surface area contributed by atoms with Gasteiger partial charge in [0.25, 0.3) is 15.9 Å². The van der Waals surface area contributed by atoms with Gasteiger partial charge in [-0.15, -0.1) is 0 Å². The number of hydrogen-bond donors (Lipinski definition) is 2. The van der Waals surface area contributed by atoms with Gasteiger partial charge >= 0.3 is 0 Å². The third-order valence-corrected chi connectivity index (χ3v) is 6.52. The molecule has 0 atom stereocenters. The van der Waals surface area contributed by atoms with Gasteiger partial charge in [-0.3, -0.25) is 13.9 Å². The zero-order chi connectivity index (χ0) is 21.9. The first kappa shape index (κ1) is 21.4. The van der Waals surface area contributed by atoms with Crippen molar-refractivity contribution in [2.24, 2.45) is 5.73 Å². The lowest BCUT2D eigenvalue weighted by Crippen LogP contribution is -2.27. The van der Waals surface area contributed by atoms with Gasteiger partial charge in [-0.2, -0.15) is 0 Å². The predicted molar refractivity (Wildman–Crippen MR) is 116 cm³/mol. The summed E-state index contributed by atoms with van der Waals surface area (Å²) in [5, 5.41) is 2.82. The number of carbonyl (C=O) groups excluding carboxylic acids is 2. The molecule has 2 amide bonds. The molecule has 0 spiro atoms. The second-order valence-corrected chi connectivity index (χ2v) is 8.72. The number of rotatable bonds is 6. The Morgan fingerprint density at radius 1 is 0.967 bits per heavy atom. The number of nitrogens with zero attached hydrogens (tertiary/aromatic N) is 1. The number of halogens is 1. The molecule has 0 saturated carbocycles. The molecular formula is C21H18ClN3O4S. The summed E-state index contributed by atoms with van der Waals surface area (Å²) in [4.78, 5) is 24.0. The first-order chi connectivity index (χ1) is 14.2. The predicted octanol–water partition coefficient (Wildman–Crippen LogP) is 3.52. The van der Waals surface area contributed by atoms with E-state index in [9.17, 15) is 18.0 Å². The van der Waals surface area contributed by atoms with Gasteiger partial charge in [-0.1, -0.05) is 29.8 Å². The SMILES string of the molecule is CN(c1ccc(Cl)c(C(=O)Nc2ccc(C(N)=O)cc2)c1)S(=O)(=O)c1ccccc1. The van der Waals surface area contributed by atoms with Crippen molar-refractivity contribution in [1.82, 2.24) is 0 Å². The Kier molecular flexibility index (Phi) is 6.09. The Labute approximate surface area is 179 Å². The highest BCUT2D eigenvalue weighted by Crippen LogP contribution is 2.27. The van der Waals surface area contributed by atoms with Crippen LogP contribution in [-0.4, -0.2) is 27.3 Å². The lowest BCUT2D eigenvalue weighted by atomic mass is 10.1. The van der Waals surface area contributed by atoms with Crippen LogP contribution in [-0.2, 0) is 10.0 Å². The Bertz CT molecular complexity index is 1200. The fourth-order valence-electron chi connectivity index (χ4n) is 2.69.